The summed E-state index contributed by atoms with van der Waals surface area (Å²) in [6.07, 6.45) is 0. The molecule has 1 heterocycles. The van der Waals surface area contributed by atoms with Crippen LogP contribution in [0.2, 0.25) is 0 Å². The maximum absolute atomic E-state index is 12.2. The van der Waals surface area contributed by atoms with E-state index in [1.807, 2.05) is 54.3 Å². The zero-order valence-corrected chi connectivity index (χ0v) is 16.9. The quantitative estimate of drug-likeness (QED) is 0.672. The van der Waals surface area contributed by atoms with E-state index in [-0.39, 0.29) is 5.91 Å². The maximum Gasteiger partial charge on any atom is 0.236 e. The molecule has 142 valence electrons. The Morgan fingerprint density at radius 1 is 1.19 bits per heavy atom. The number of aromatic nitrogens is 1. The summed E-state index contributed by atoms with van der Waals surface area (Å²) in [6, 6.07) is 5.70. The van der Waals surface area contributed by atoms with E-state index in [1.54, 1.807) is 25.6 Å². The van der Waals surface area contributed by atoms with Crippen LogP contribution in [0.4, 0.5) is 0 Å². The molecule has 0 aliphatic rings. The van der Waals surface area contributed by atoms with Crippen molar-refractivity contribution in [3.8, 4) is 22.1 Å². The highest BCUT2D eigenvalue weighted by atomic mass is 32.1. The van der Waals surface area contributed by atoms with Crippen molar-refractivity contribution in [1.82, 2.24) is 14.8 Å². The minimum atomic E-state index is 0.143. The molecule has 1 aromatic heterocycles. The number of likely N-dealkylation sites (N-methyl/N-ethyl adjacent to an activating group) is 2. The van der Waals surface area contributed by atoms with Gasteiger partial charge in [0.2, 0.25) is 5.91 Å². The zero-order valence-electron chi connectivity index (χ0n) is 16.1. The number of methoxy groups -OCH3 is 2. The smallest absolute Gasteiger partial charge is 0.236 e. The van der Waals surface area contributed by atoms with E-state index in [0.29, 0.717) is 13.1 Å². The molecule has 2 aromatic rings. The van der Waals surface area contributed by atoms with E-state index >= 15 is 0 Å². The fraction of sp³-hybridized carbons (Fsp3) is 0.474. The van der Waals surface area contributed by atoms with E-state index in [1.165, 1.54) is 0 Å². The van der Waals surface area contributed by atoms with Gasteiger partial charge in [0, 0.05) is 31.1 Å². The van der Waals surface area contributed by atoms with Gasteiger partial charge in [0.1, 0.15) is 16.5 Å². The van der Waals surface area contributed by atoms with Crippen LogP contribution in [0.25, 0.3) is 10.6 Å². The molecule has 0 spiro atoms. The molecule has 26 heavy (non-hydrogen) atoms. The van der Waals surface area contributed by atoms with Crippen LogP contribution in [0.1, 0.15) is 19.5 Å². The van der Waals surface area contributed by atoms with E-state index in [9.17, 15) is 4.79 Å². The van der Waals surface area contributed by atoms with Crippen molar-refractivity contribution in [3.63, 3.8) is 0 Å². The third kappa shape index (κ3) is 4.95. The molecule has 2 rings (SSSR count). The summed E-state index contributed by atoms with van der Waals surface area (Å²) < 4.78 is 10.7. The first kappa shape index (κ1) is 20.2. The number of hydrogen-bond acceptors (Lipinski definition) is 6. The Morgan fingerprint density at radius 2 is 1.92 bits per heavy atom. The van der Waals surface area contributed by atoms with Gasteiger partial charge in [-0.1, -0.05) is 0 Å². The Kier molecular flexibility index (Phi) is 7.41. The van der Waals surface area contributed by atoms with Crippen LogP contribution in [-0.2, 0) is 11.3 Å². The number of nitrogens with zero attached hydrogens (tertiary/aromatic N) is 3. The predicted molar refractivity (Wildman–Crippen MR) is 105 cm³/mol. The van der Waals surface area contributed by atoms with Crippen molar-refractivity contribution < 1.29 is 14.3 Å². The molecule has 0 atom stereocenters. The SMILES string of the molecule is CCN(CC)C(=O)CN(C)Cc1csc(-c2ccc(OC)cc2OC)n1. The largest absolute Gasteiger partial charge is 0.497 e. The molecular weight excluding hydrogens is 350 g/mol. The number of carbonyl (C=O) groups is 1. The number of carbonyl (C=O) groups excluding carboxylic acids is 1. The Balaban J connectivity index is 2.07. The van der Waals surface area contributed by atoms with Crippen molar-refractivity contribution in [2.24, 2.45) is 0 Å². The summed E-state index contributed by atoms with van der Waals surface area (Å²) in [5, 5.41) is 2.92. The summed E-state index contributed by atoms with van der Waals surface area (Å²) in [5.41, 5.74) is 1.88. The minimum absolute atomic E-state index is 0.143. The highest BCUT2D eigenvalue weighted by Gasteiger charge is 2.15. The predicted octanol–water partition coefficient (Wildman–Crippen LogP) is 3.13. The monoisotopic (exact) mass is 377 g/mol. The van der Waals surface area contributed by atoms with Crippen LogP contribution >= 0.6 is 11.3 Å². The molecule has 1 amide bonds. The van der Waals surface area contributed by atoms with Crippen LogP contribution in [0.5, 0.6) is 11.5 Å². The van der Waals surface area contributed by atoms with Gasteiger partial charge in [-0.25, -0.2) is 4.98 Å². The van der Waals surface area contributed by atoms with Gasteiger partial charge in [0.15, 0.2) is 0 Å². The molecule has 0 aliphatic carbocycles. The number of benzene rings is 1. The van der Waals surface area contributed by atoms with Gasteiger partial charge in [-0.15, -0.1) is 11.3 Å². The molecule has 0 bridgehead atoms. The van der Waals surface area contributed by atoms with Gasteiger partial charge in [-0.2, -0.15) is 0 Å². The summed E-state index contributed by atoms with van der Waals surface area (Å²) in [5.74, 6) is 1.62. The molecule has 0 aliphatic heterocycles. The van der Waals surface area contributed by atoms with Crippen molar-refractivity contribution in [2.75, 3.05) is 40.9 Å². The van der Waals surface area contributed by atoms with E-state index in [4.69, 9.17) is 14.5 Å². The lowest BCUT2D eigenvalue weighted by molar-refractivity contribution is -0.131. The van der Waals surface area contributed by atoms with Crippen LogP contribution in [0.3, 0.4) is 0 Å². The van der Waals surface area contributed by atoms with Crippen molar-refractivity contribution >= 4 is 17.2 Å². The van der Waals surface area contributed by atoms with E-state index in [2.05, 4.69) is 0 Å². The fourth-order valence-corrected chi connectivity index (χ4v) is 3.56. The van der Waals surface area contributed by atoms with Crippen LogP contribution in [0, 0.1) is 0 Å². The molecule has 0 unspecified atom stereocenters. The highest BCUT2D eigenvalue weighted by Crippen LogP contribution is 2.35. The molecule has 0 N–H and O–H groups in total. The number of ether oxygens (including phenoxy) is 2. The second-order valence-corrected chi connectivity index (χ2v) is 6.81. The van der Waals surface area contributed by atoms with Crippen LogP contribution in [0.15, 0.2) is 23.6 Å². The average Bonchev–Trinajstić information content (AvgIpc) is 3.10. The summed E-state index contributed by atoms with van der Waals surface area (Å²) in [4.78, 5) is 20.8. The van der Waals surface area contributed by atoms with Crippen molar-refractivity contribution in [1.29, 1.82) is 0 Å². The minimum Gasteiger partial charge on any atom is -0.497 e. The second-order valence-electron chi connectivity index (χ2n) is 5.95. The zero-order chi connectivity index (χ0) is 19.1. The van der Waals surface area contributed by atoms with Gasteiger partial charge >= 0.3 is 0 Å². The summed E-state index contributed by atoms with van der Waals surface area (Å²) in [7, 11) is 5.21. The fourth-order valence-electron chi connectivity index (χ4n) is 2.72. The van der Waals surface area contributed by atoms with Gasteiger partial charge in [-0.05, 0) is 33.0 Å². The van der Waals surface area contributed by atoms with Crippen molar-refractivity contribution in [2.45, 2.75) is 20.4 Å². The number of rotatable bonds is 9. The van der Waals surface area contributed by atoms with Gasteiger partial charge in [0.05, 0.1) is 32.0 Å². The lowest BCUT2D eigenvalue weighted by Gasteiger charge is -2.22. The molecule has 1 aromatic carbocycles. The third-order valence-electron chi connectivity index (χ3n) is 4.14. The lowest BCUT2D eigenvalue weighted by atomic mass is 10.2. The van der Waals surface area contributed by atoms with E-state index < -0.39 is 0 Å². The second kappa shape index (κ2) is 9.54. The third-order valence-corrected chi connectivity index (χ3v) is 5.07. The van der Waals surface area contributed by atoms with E-state index in [0.717, 1.165) is 40.9 Å². The van der Waals surface area contributed by atoms with Crippen LogP contribution in [-0.4, -0.2) is 61.6 Å². The molecule has 0 saturated carbocycles. The summed E-state index contributed by atoms with van der Waals surface area (Å²) in [6.45, 7) is 6.48. The Labute approximate surface area is 159 Å². The molecule has 0 radical (unpaired) electrons. The summed E-state index contributed by atoms with van der Waals surface area (Å²) >= 11 is 1.57. The number of amides is 1. The van der Waals surface area contributed by atoms with Crippen molar-refractivity contribution in [3.05, 3.63) is 29.3 Å². The average molecular weight is 378 g/mol. The van der Waals surface area contributed by atoms with Crippen LogP contribution < -0.4 is 9.47 Å². The van der Waals surface area contributed by atoms with Gasteiger partial charge in [0.25, 0.3) is 0 Å². The molecule has 0 saturated heterocycles. The first-order chi connectivity index (χ1) is 12.5. The maximum atomic E-state index is 12.2. The topological polar surface area (TPSA) is 54.9 Å². The Bertz CT molecular complexity index is 729. The standard InChI is InChI=1S/C19H27N3O3S/c1-6-22(7-2)18(23)12-21(3)11-14-13-26-19(20-14)16-9-8-15(24-4)10-17(16)25-5/h8-10,13H,6-7,11-12H2,1-5H3. The molecular formula is C19H27N3O3S. The highest BCUT2D eigenvalue weighted by molar-refractivity contribution is 7.13. The first-order valence-electron chi connectivity index (χ1n) is 8.65. The van der Waals surface area contributed by atoms with Gasteiger partial charge < -0.3 is 14.4 Å². The molecule has 7 heteroatoms. The van der Waals surface area contributed by atoms with Gasteiger partial charge in [-0.3, -0.25) is 9.69 Å². The number of thiazole rings is 1. The molecule has 6 nitrogen and oxygen atoms in total. The molecule has 0 fully saturated rings. The Hall–Kier alpha value is -2.12. The first-order valence-corrected chi connectivity index (χ1v) is 9.53. The lowest BCUT2D eigenvalue weighted by Crippen LogP contribution is -2.38. The number of hydrogen-bond donors (Lipinski definition) is 0. The Morgan fingerprint density at radius 3 is 2.54 bits per heavy atom. The normalized spacial score (nSPS) is 10.8.